The van der Waals surface area contributed by atoms with Crippen LogP contribution in [0.3, 0.4) is 0 Å². The maximum Gasteiger partial charge on any atom is 0.278 e. The lowest BCUT2D eigenvalue weighted by Crippen LogP contribution is -2.35. The summed E-state index contributed by atoms with van der Waals surface area (Å²) in [5.41, 5.74) is 3.47. The smallest absolute Gasteiger partial charge is 0.278 e. The van der Waals surface area contributed by atoms with E-state index in [0.29, 0.717) is 12.2 Å². The number of carbonyl (C=O) groups is 1. The molecule has 6 heteroatoms. The van der Waals surface area contributed by atoms with Crippen LogP contribution in [0.4, 0.5) is 5.69 Å². The SMILES string of the molecule is Cc1cc(C(=O)N2CCNCc3ccccc32)n[nH]1.Cl. The Labute approximate surface area is 123 Å². The number of aryl methyl sites for hydroxylation is 1. The number of para-hydroxylation sites is 1. The lowest BCUT2D eigenvalue weighted by Gasteiger charge is -2.21. The fourth-order valence-corrected chi connectivity index (χ4v) is 2.33. The van der Waals surface area contributed by atoms with Crippen LogP contribution in [0.15, 0.2) is 30.3 Å². The van der Waals surface area contributed by atoms with Crippen LogP contribution in [0.5, 0.6) is 0 Å². The zero-order chi connectivity index (χ0) is 13.2. The van der Waals surface area contributed by atoms with Crippen molar-refractivity contribution in [2.75, 3.05) is 18.0 Å². The molecule has 5 nitrogen and oxygen atoms in total. The summed E-state index contributed by atoms with van der Waals surface area (Å²) >= 11 is 0. The molecule has 1 amide bonds. The number of halogens is 1. The summed E-state index contributed by atoms with van der Waals surface area (Å²) < 4.78 is 0. The average molecular weight is 293 g/mol. The molecule has 20 heavy (non-hydrogen) atoms. The molecule has 106 valence electrons. The molecule has 0 saturated heterocycles. The number of aromatic amines is 1. The Morgan fingerprint density at radius 1 is 1.35 bits per heavy atom. The highest BCUT2D eigenvalue weighted by atomic mass is 35.5. The topological polar surface area (TPSA) is 61.0 Å². The van der Waals surface area contributed by atoms with Crippen molar-refractivity contribution in [2.45, 2.75) is 13.5 Å². The molecule has 0 atom stereocenters. The Bertz CT molecular complexity index is 611. The normalized spacial score (nSPS) is 14.2. The van der Waals surface area contributed by atoms with Crippen molar-refractivity contribution < 1.29 is 4.79 Å². The van der Waals surface area contributed by atoms with E-state index in [0.717, 1.165) is 30.0 Å². The van der Waals surface area contributed by atoms with Gasteiger partial charge in [-0.1, -0.05) is 18.2 Å². The predicted octanol–water partition coefficient (Wildman–Crippen LogP) is 1.89. The molecule has 2 N–H and O–H groups in total. The summed E-state index contributed by atoms with van der Waals surface area (Å²) in [6.07, 6.45) is 0. The van der Waals surface area contributed by atoms with Crippen molar-refractivity contribution in [2.24, 2.45) is 0 Å². The van der Waals surface area contributed by atoms with Crippen LogP contribution >= 0.6 is 12.4 Å². The molecule has 2 aromatic rings. The first-order chi connectivity index (χ1) is 9.25. The van der Waals surface area contributed by atoms with Gasteiger partial charge in [0.25, 0.3) is 5.91 Å². The number of hydrogen-bond acceptors (Lipinski definition) is 3. The van der Waals surface area contributed by atoms with E-state index in [1.807, 2.05) is 31.2 Å². The first-order valence-electron chi connectivity index (χ1n) is 6.38. The molecule has 1 aromatic heterocycles. The molecule has 0 spiro atoms. The minimum atomic E-state index is -0.0551. The standard InChI is InChI=1S/C14H16N4O.ClH/c1-10-8-12(17-16-10)14(19)18-7-6-15-9-11-4-2-3-5-13(11)18;/h2-5,8,15H,6-7,9H2,1H3,(H,16,17);1H. The number of carbonyl (C=O) groups excluding carboxylic acids is 1. The molecule has 0 saturated carbocycles. The number of benzene rings is 1. The lowest BCUT2D eigenvalue weighted by atomic mass is 10.1. The van der Waals surface area contributed by atoms with E-state index in [1.54, 1.807) is 11.0 Å². The monoisotopic (exact) mass is 292 g/mol. The third kappa shape index (κ3) is 2.69. The number of anilines is 1. The van der Waals surface area contributed by atoms with Crippen LogP contribution in [-0.4, -0.2) is 29.2 Å². The molecule has 1 aliphatic heterocycles. The molecule has 0 aliphatic carbocycles. The van der Waals surface area contributed by atoms with E-state index in [9.17, 15) is 4.79 Å². The lowest BCUT2D eigenvalue weighted by molar-refractivity contribution is 0.0983. The van der Waals surface area contributed by atoms with E-state index < -0.39 is 0 Å². The first-order valence-corrected chi connectivity index (χ1v) is 6.38. The van der Waals surface area contributed by atoms with E-state index in [2.05, 4.69) is 15.5 Å². The minimum Gasteiger partial charge on any atom is -0.311 e. The fourth-order valence-electron chi connectivity index (χ4n) is 2.33. The Hall–Kier alpha value is -1.85. The highest BCUT2D eigenvalue weighted by Crippen LogP contribution is 2.23. The van der Waals surface area contributed by atoms with Crippen molar-refractivity contribution in [1.82, 2.24) is 15.5 Å². The molecule has 0 radical (unpaired) electrons. The Kier molecular flexibility index (Phi) is 4.42. The summed E-state index contributed by atoms with van der Waals surface area (Å²) in [6.45, 7) is 4.12. The second-order valence-electron chi connectivity index (χ2n) is 4.70. The highest BCUT2D eigenvalue weighted by molar-refractivity contribution is 6.05. The number of rotatable bonds is 1. The summed E-state index contributed by atoms with van der Waals surface area (Å²) in [5.74, 6) is -0.0551. The first kappa shape index (κ1) is 14.6. The van der Waals surface area contributed by atoms with Crippen LogP contribution in [0.2, 0.25) is 0 Å². The third-order valence-corrected chi connectivity index (χ3v) is 3.28. The van der Waals surface area contributed by atoms with E-state index >= 15 is 0 Å². The number of fused-ring (bicyclic) bond motifs is 1. The molecule has 0 fully saturated rings. The summed E-state index contributed by atoms with van der Waals surface area (Å²) in [4.78, 5) is 14.3. The van der Waals surface area contributed by atoms with Crippen LogP contribution < -0.4 is 10.2 Å². The molecule has 1 aromatic carbocycles. The minimum absolute atomic E-state index is 0. The Balaban J connectivity index is 0.00000147. The molecular formula is C14H17ClN4O. The van der Waals surface area contributed by atoms with Gasteiger partial charge in [-0.15, -0.1) is 12.4 Å². The molecule has 3 rings (SSSR count). The van der Waals surface area contributed by atoms with E-state index in [-0.39, 0.29) is 18.3 Å². The Morgan fingerprint density at radius 3 is 2.90 bits per heavy atom. The molecule has 1 aliphatic rings. The molecule has 0 unspecified atom stereocenters. The molecular weight excluding hydrogens is 276 g/mol. The number of H-pyrrole nitrogens is 1. The quantitative estimate of drug-likeness (QED) is 0.844. The number of amides is 1. The maximum atomic E-state index is 12.5. The number of nitrogens with zero attached hydrogens (tertiary/aromatic N) is 2. The summed E-state index contributed by atoms with van der Waals surface area (Å²) in [7, 11) is 0. The van der Waals surface area contributed by atoms with Crippen LogP contribution in [0.1, 0.15) is 21.7 Å². The second kappa shape index (κ2) is 6.07. The van der Waals surface area contributed by atoms with Gasteiger partial charge in [-0.25, -0.2) is 0 Å². The van der Waals surface area contributed by atoms with Gasteiger partial charge >= 0.3 is 0 Å². The fraction of sp³-hybridized carbons (Fsp3) is 0.286. The van der Waals surface area contributed by atoms with Crippen LogP contribution in [-0.2, 0) is 6.54 Å². The van der Waals surface area contributed by atoms with Crippen molar-refractivity contribution in [1.29, 1.82) is 0 Å². The van der Waals surface area contributed by atoms with Crippen LogP contribution in [0, 0.1) is 6.92 Å². The number of hydrogen-bond donors (Lipinski definition) is 2. The Morgan fingerprint density at radius 2 is 2.15 bits per heavy atom. The van der Waals surface area contributed by atoms with Crippen molar-refractivity contribution in [3.05, 3.63) is 47.3 Å². The number of nitrogens with one attached hydrogen (secondary N) is 2. The second-order valence-corrected chi connectivity index (χ2v) is 4.70. The van der Waals surface area contributed by atoms with Crippen molar-refractivity contribution in [3.63, 3.8) is 0 Å². The van der Waals surface area contributed by atoms with Crippen molar-refractivity contribution in [3.8, 4) is 0 Å². The summed E-state index contributed by atoms with van der Waals surface area (Å²) in [5, 5.41) is 10.2. The van der Waals surface area contributed by atoms with Gasteiger partial charge < -0.3 is 10.2 Å². The largest absolute Gasteiger partial charge is 0.311 e. The molecule has 2 heterocycles. The zero-order valence-electron chi connectivity index (χ0n) is 11.2. The maximum absolute atomic E-state index is 12.5. The third-order valence-electron chi connectivity index (χ3n) is 3.28. The van der Waals surface area contributed by atoms with Gasteiger partial charge in [0.15, 0.2) is 5.69 Å². The molecule has 0 bridgehead atoms. The average Bonchev–Trinajstić information content (AvgIpc) is 2.74. The van der Waals surface area contributed by atoms with E-state index in [4.69, 9.17) is 0 Å². The van der Waals surface area contributed by atoms with Gasteiger partial charge in [0, 0.05) is 31.0 Å². The zero-order valence-corrected chi connectivity index (χ0v) is 12.0. The van der Waals surface area contributed by atoms with Gasteiger partial charge in [0.2, 0.25) is 0 Å². The highest BCUT2D eigenvalue weighted by Gasteiger charge is 2.23. The van der Waals surface area contributed by atoms with E-state index in [1.165, 1.54) is 0 Å². The predicted molar refractivity (Wildman–Crippen MR) is 80.4 cm³/mol. The van der Waals surface area contributed by atoms with Gasteiger partial charge in [-0.05, 0) is 24.6 Å². The van der Waals surface area contributed by atoms with Gasteiger partial charge in [-0.2, -0.15) is 5.10 Å². The van der Waals surface area contributed by atoms with Gasteiger partial charge in [0.05, 0.1) is 0 Å². The van der Waals surface area contributed by atoms with Gasteiger partial charge in [-0.3, -0.25) is 9.89 Å². The number of aromatic nitrogens is 2. The van der Waals surface area contributed by atoms with Crippen LogP contribution in [0.25, 0.3) is 0 Å². The summed E-state index contributed by atoms with van der Waals surface area (Å²) in [6, 6.07) is 9.76. The van der Waals surface area contributed by atoms with Gasteiger partial charge in [0.1, 0.15) is 0 Å². The van der Waals surface area contributed by atoms with Crippen molar-refractivity contribution >= 4 is 24.0 Å².